The monoisotopic (exact) mass is 545 g/mol. The molecule has 40 heavy (non-hydrogen) atoms. The first-order chi connectivity index (χ1) is 19.5. The molecule has 11 heteroatoms. The van der Waals surface area contributed by atoms with Crippen LogP contribution in [0.25, 0.3) is 10.4 Å². The van der Waals surface area contributed by atoms with Crippen molar-refractivity contribution in [3.05, 3.63) is 106 Å². The van der Waals surface area contributed by atoms with E-state index in [9.17, 15) is 20.5 Å². The molecule has 3 aromatic rings. The summed E-state index contributed by atoms with van der Waals surface area (Å²) in [4.78, 5) is 21.8. The van der Waals surface area contributed by atoms with Crippen molar-refractivity contribution in [2.24, 2.45) is 10.1 Å². The number of amides is 1. The number of ether oxygens (including phenoxy) is 2. The summed E-state index contributed by atoms with van der Waals surface area (Å²) < 4.78 is 12.0. The Morgan fingerprint density at radius 3 is 2.52 bits per heavy atom. The number of nitrogens with one attached hydrogen (secondary N) is 1. The molecule has 4 N–H and O–H groups in total. The van der Waals surface area contributed by atoms with Crippen LogP contribution in [-0.4, -0.2) is 65.1 Å². The number of hydrogen-bond donors (Lipinski definition) is 4. The Morgan fingerprint density at radius 2 is 1.82 bits per heavy atom. The van der Waals surface area contributed by atoms with Crippen molar-refractivity contribution in [2.45, 2.75) is 30.6 Å². The molecule has 1 unspecified atom stereocenters. The van der Waals surface area contributed by atoms with E-state index in [1.165, 1.54) is 0 Å². The van der Waals surface area contributed by atoms with E-state index in [1.54, 1.807) is 48.5 Å². The van der Waals surface area contributed by atoms with Crippen LogP contribution in [0.1, 0.15) is 29.2 Å². The van der Waals surface area contributed by atoms with E-state index in [0.717, 1.165) is 5.56 Å². The fourth-order valence-corrected chi connectivity index (χ4v) is 4.44. The van der Waals surface area contributed by atoms with Gasteiger partial charge in [-0.15, -0.1) is 0 Å². The average molecular weight is 546 g/mol. The minimum Gasteiger partial charge on any atom is -0.494 e. The zero-order valence-corrected chi connectivity index (χ0v) is 21.8. The molecule has 0 bridgehead atoms. The lowest BCUT2D eigenvalue weighted by Crippen LogP contribution is -2.51. The molecule has 1 amide bonds. The molecule has 0 spiro atoms. The van der Waals surface area contributed by atoms with Crippen molar-refractivity contribution >= 4 is 17.5 Å². The smallest absolute Gasteiger partial charge is 0.252 e. The summed E-state index contributed by atoms with van der Waals surface area (Å²) >= 11 is 0. The van der Waals surface area contributed by atoms with Crippen LogP contribution >= 0.6 is 0 Å². The highest BCUT2D eigenvalue weighted by atomic mass is 16.5. The van der Waals surface area contributed by atoms with Crippen LogP contribution in [0.15, 0.2) is 89.0 Å². The van der Waals surface area contributed by atoms with Crippen LogP contribution in [0.5, 0.6) is 5.75 Å². The van der Waals surface area contributed by atoms with E-state index in [-0.39, 0.29) is 25.5 Å². The topological polar surface area (TPSA) is 169 Å². The standard InChI is InChI=1S/C29H31N5O6/c30-34-33-25-10-5-4-9-24(25)26-29(17-20-7-2-1-3-8-20,28(38)31-18-22(37)19-36)32-27(40-26)21-11-13-23(14-12-21)39-16-6-15-35/h1-5,7-14,22,26,35-37H,6,15-19H2,(H,31,38)/t22?,26-,29-/m0/s1. The van der Waals surface area contributed by atoms with Gasteiger partial charge in [-0.3, -0.25) is 4.79 Å². The maximum atomic E-state index is 14.0. The number of hydrogen-bond acceptors (Lipinski definition) is 8. The molecule has 3 aromatic carbocycles. The van der Waals surface area contributed by atoms with Gasteiger partial charge in [0.25, 0.3) is 5.91 Å². The molecule has 0 saturated heterocycles. The van der Waals surface area contributed by atoms with Gasteiger partial charge in [-0.1, -0.05) is 59.7 Å². The maximum absolute atomic E-state index is 14.0. The van der Waals surface area contributed by atoms with Gasteiger partial charge >= 0.3 is 0 Å². The van der Waals surface area contributed by atoms with Gasteiger partial charge in [0, 0.05) is 47.7 Å². The van der Waals surface area contributed by atoms with Crippen molar-refractivity contribution in [1.82, 2.24) is 5.32 Å². The lowest BCUT2D eigenvalue weighted by Gasteiger charge is -2.31. The molecule has 1 heterocycles. The van der Waals surface area contributed by atoms with E-state index < -0.39 is 30.3 Å². The molecule has 1 aliphatic heterocycles. The highest BCUT2D eigenvalue weighted by molar-refractivity contribution is 6.01. The van der Waals surface area contributed by atoms with E-state index in [0.29, 0.717) is 35.6 Å². The third kappa shape index (κ3) is 6.59. The molecule has 0 fully saturated rings. The first-order valence-corrected chi connectivity index (χ1v) is 12.9. The van der Waals surface area contributed by atoms with Crippen LogP contribution in [0.4, 0.5) is 5.69 Å². The highest BCUT2D eigenvalue weighted by Gasteiger charge is 2.53. The van der Waals surface area contributed by atoms with Crippen molar-refractivity contribution in [3.63, 3.8) is 0 Å². The average Bonchev–Trinajstić information content (AvgIpc) is 3.37. The van der Waals surface area contributed by atoms with Crippen LogP contribution in [-0.2, 0) is 16.0 Å². The van der Waals surface area contributed by atoms with E-state index in [1.807, 2.05) is 30.3 Å². The van der Waals surface area contributed by atoms with Crippen LogP contribution < -0.4 is 10.1 Å². The second-order valence-corrected chi connectivity index (χ2v) is 9.25. The van der Waals surface area contributed by atoms with Gasteiger partial charge in [-0.05, 0) is 35.4 Å². The van der Waals surface area contributed by atoms with E-state index in [4.69, 9.17) is 19.6 Å². The Morgan fingerprint density at radius 1 is 1.10 bits per heavy atom. The summed E-state index contributed by atoms with van der Waals surface area (Å²) in [6, 6.07) is 23.2. The van der Waals surface area contributed by atoms with Gasteiger partial charge in [0.1, 0.15) is 5.75 Å². The van der Waals surface area contributed by atoms with Gasteiger partial charge in [-0.2, -0.15) is 0 Å². The fourth-order valence-electron chi connectivity index (χ4n) is 4.44. The Hall–Kier alpha value is -4.41. The molecule has 0 radical (unpaired) electrons. The first-order valence-electron chi connectivity index (χ1n) is 12.9. The normalized spacial score (nSPS) is 18.7. The molecular weight excluding hydrogens is 514 g/mol. The third-order valence-electron chi connectivity index (χ3n) is 6.43. The number of carbonyl (C=O) groups is 1. The predicted octanol–water partition coefficient (Wildman–Crippen LogP) is 3.36. The van der Waals surface area contributed by atoms with Crippen molar-refractivity contribution in [3.8, 4) is 5.75 Å². The minimum absolute atomic E-state index is 0.0301. The van der Waals surface area contributed by atoms with Gasteiger partial charge in [0.05, 0.1) is 19.3 Å². The number of rotatable bonds is 13. The zero-order chi connectivity index (χ0) is 28.4. The number of nitrogens with zero attached hydrogens (tertiary/aromatic N) is 4. The second-order valence-electron chi connectivity index (χ2n) is 9.25. The number of aliphatic hydroxyl groups is 3. The summed E-state index contributed by atoms with van der Waals surface area (Å²) in [5.41, 5.74) is 9.82. The minimum atomic E-state index is -1.55. The van der Waals surface area contributed by atoms with Crippen LogP contribution in [0.3, 0.4) is 0 Å². The zero-order valence-electron chi connectivity index (χ0n) is 21.8. The van der Waals surface area contributed by atoms with Crippen molar-refractivity contribution in [1.29, 1.82) is 0 Å². The van der Waals surface area contributed by atoms with Crippen LogP contribution in [0, 0.1) is 0 Å². The number of aliphatic imine (C=N–C) groups is 1. The lowest BCUT2D eigenvalue weighted by atomic mass is 9.81. The first kappa shape index (κ1) is 28.6. The van der Waals surface area contributed by atoms with E-state index >= 15 is 0 Å². The molecule has 1 aliphatic rings. The molecular formula is C29H31N5O6. The Bertz CT molecular complexity index is 1360. The van der Waals surface area contributed by atoms with Gasteiger partial charge < -0.3 is 30.1 Å². The van der Waals surface area contributed by atoms with Crippen molar-refractivity contribution < 1.29 is 29.6 Å². The number of benzene rings is 3. The third-order valence-corrected chi connectivity index (χ3v) is 6.43. The molecule has 11 nitrogen and oxygen atoms in total. The maximum Gasteiger partial charge on any atom is 0.252 e. The molecule has 0 aromatic heterocycles. The van der Waals surface area contributed by atoms with Gasteiger partial charge in [0.2, 0.25) is 5.90 Å². The lowest BCUT2D eigenvalue weighted by molar-refractivity contribution is -0.129. The SMILES string of the molecule is [N-]=[N+]=Nc1ccccc1[C@@H]1OC(c2ccc(OCCCO)cc2)=N[C@]1(Cc1ccccc1)C(=O)NCC(O)CO. The Kier molecular flexibility index (Phi) is 9.71. The summed E-state index contributed by atoms with van der Waals surface area (Å²) in [5.74, 6) is 0.285. The predicted molar refractivity (Wildman–Crippen MR) is 148 cm³/mol. The Balaban J connectivity index is 1.81. The van der Waals surface area contributed by atoms with Gasteiger partial charge in [0.15, 0.2) is 11.6 Å². The molecule has 208 valence electrons. The molecule has 4 rings (SSSR count). The highest BCUT2D eigenvalue weighted by Crippen LogP contribution is 2.45. The quantitative estimate of drug-likeness (QED) is 0.111. The summed E-state index contributed by atoms with van der Waals surface area (Å²) in [5, 5.41) is 34.8. The van der Waals surface area contributed by atoms with Gasteiger partial charge in [-0.25, -0.2) is 4.99 Å². The number of azide groups is 1. The van der Waals surface area contributed by atoms with Crippen molar-refractivity contribution in [2.75, 3.05) is 26.4 Å². The van der Waals surface area contributed by atoms with Crippen LogP contribution in [0.2, 0.25) is 0 Å². The van der Waals surface area contributed by atoms with E-state index in [2.05, 4.69) is 15.3 Å². The molecule has 3 atom stereocenters. The second kappa shape index (κ2) is 13.6. The number of carbonyl (C=O) groups excluding carboxylic acids is 1. The summed E-state index contributed by atoms with van der Waals surface area (Å²) in [6.45, 7) is -0.317. The molecule has 0 aliphatic carbocycles. The fraction of sp³-hybridized carbons (Fsp3) is 0.310. The Labute approximate surface area is 231 Å². The summed E-state index contributed by atoms with van der Waals surface area (Å²) in [6.07, 6.45) is -1.51. The largest absolute Gasteiger partial charge is 0.494 e. The molecule has 0 saturated carbocycles. The summed E-state index contributed by atoms with van der Waals surface area (Å²) in [7, 11) is 0. The number of aliphatic hydroxyl groups excluding tert-OH is 3.